The lowest BCUT2D eigenvalue weighted by molar-refractivity contribution is -0.124. The minimum Gasteiger partial charge on any atom is -0.372 e. The fraction of sp³-hybridized carbons (Fsp3) is 0.231. The van der Waals surface area contributed by atoms with Gasteiger partial charge in [0.15, 0.2) is 0 Å². The molecule has 1 N–H and O–H groups in total. The highest BCUT2D eigenvalue weighted by atomic mass is 32.1. The summed E-state index contributed by atoms with van der Waals surface area (Å²) in [7, 11) is 1.51. The van der Waals surface area contributed by atoms with E-state index in [4.69, 9.17) is 4.74 Å². The van der Waals surface area contributed by atoms with Crippen molar-refractivity contribution >= 4 is 22.9 Å². The molecular formula is C13H14N2O2S. The first-order valence-electron chi connectivity index (χ1n) is 5.54. The molecule has 0 fully saturated rings. The van der Waals surface area contributed by atoms with Gasteiger partial charge in [-0.25, -0.2) is 4.98 Å². The lowest BCUT2D eigenvalue weighted by atomic mass is 10.2. The number of carbonyl (C=O) groups excluding carboxylic acids is 1. The molecule has 4 nitrogen and oxygen atoms in total. The van der Waals surface area contributed by atoms with Crippen LogP contribution in [0.4, 0.5) is 5.69 Å². The molecular weight excluding hydrogens is 248 g/mol. The standard InChI is InChI=1S/C13H14N2O2S/c1-9(17-2)12(16)15-11-5-3-10(4-6-11)13-14-7-8-18-13/h3-9H,1-2H3,(H,15,16). The molecule has 5 heteroatoms. The van der Waals surface area contributed by atoms with Gasteiger partial charge in [-0.15, -0.1) is 11.3 Å². The summed E-state index contributed by atoms with van der Waals surface area (Å²) in [6, 6.07) is 7.59. The zero-order valence-electron chi connectivity index (χ0n) is 10.2. The maximum absolute atomic E-state index is 11.6. The summed E-state index contributed by atoms with van der Waals surface area (Å²) >= 11 is 1.59. The van der Waals surface area contributed by atoms with Crippen molar-refractivity contribution in [3.63, 3.8) is 0 Å². The fourth-order valence-electron chi connectivity index (χ4n) is 1.41. The summed E-state index contributed by atoms with van der Waals surface area (Å²) in [5, 5.41) is 5.69. The van der Waals surface area contributed by atoms with E-state index in [0.29, 0.717) is 0 Å². The highest BCUT2D eigenvalue weighted by molar-refractivity contribution is 7.13. The number of hydrogen-bond acceptors (Lipinski definition) is 4. The van der Waals surface area contributed by atoms with Gasteiger partial charge in [0, 0.05) is 29.9 Å². The summed E-state index contributed by atoms with van der Waals surface area (Å²) in [5.41, 5.74) is 1.80. The lowest BCUT2D eigenvalue weighted by Gasteiger charge is -2.10. The van der Waals surface area contributed by atoms with Gasteiger partial charge < -0.3 is 10.1 Å². The van der Waals surface area contributed by atoms with E-state index in [1.165, 1.54) is 7.11 Å². The zero-order chi connectivity index (χ0) is 13.0. The molecule has 1 aromatic heterocycles. The second-order valence-electron chi connectivity index (χ2n) is 3.78. The number of ether oxygens (including phenoxy) is 1. The molecule has 2 rings (SSSR count). The summed E-state index contributed by atoms with van der Waals surface area (Å²) in [5.74, 6) is -0.153. The van der Waals surface area contributed by atoms with Crippen molar-refractivity contribution in [1.29, 1.82) is 0 Å². The third kappa shape index (κ3) is 2.94. The van der Waals surface area contributed by atoms with Gasteiger partial charge in [0.1, 0.15) is 11.1 Å². The van der Waals surface area contributed by atoms with E-state index in [9.17, 15) is 4.79 Å². The second-order valence-corrected chi connectivity index (χ2v) is 4.68. The minimum atomic E-state index is -0.455. The Balaban J connectivity index is 2.06. The number of rotatable bonds is 4. The number of carbonyl (C=O) groups is 1. The van der Waals surface area contributed by atoms with Crippen LogP contribution in [0, 0.1) is 0 Å². The minimum absolute atomic E-state index is 0.153. The third-order valence-corrected chi connectivity index (χ3v) is 3.38. The Hall–Kier alpha value is -1.72. The van der Waals surface area contributed by atoms with Crippen molar-refractivity contribution in [2.45, 2.75) is 13.0 Å². The van der Waals surface area contributed by atoms with E-state index < -0.39 is 6.10 Å². The van der Waals surface area contributed by atoms with Gasteiger partial charge >= 0.3 is 0 Å². The number of methoxy groups -OCH3 is 1. The van der Waals surface area contributed by atoms with Crippen LogP contribution >= 0.6 is 11.3 Å². The molecule has 0 radical (unpaired) electrons. The highest BCUT2D eigenvalue weighted by Gasteiger charge is 2.11. The van der Waals surface area contributed by atoms with Crippen molar-refractivity contribution in [2.75, 3.05) is 12.4 Å². The molecule has 1 aromatic carbocycles. The average Bonchev–Trinajstić information content (AvgIpc) is 2.92. The van der Waals surface area contributed by atoms with Crippen molar-refractivity contribution in [2.24, 2.45) is 0 Å². The predicted molar refractivity (Wildman–Crippen MR) is 72.7 cm³/mol. The van der Waals surface area contributed by atoms with Crippen molar-refractivity contribution in [1.82, 2.24) is 4.98 Å². The summed E-state index contributed by atoms with van der Waals surface area (Å²) in [6.07, 6.45) is 1.32. The van der Waals surface area contributed by atoms with Crippen LogP contribution in [0.15, 0.2) is 35.8 Å². The maximum Gasteiger partial charge on any atom is 0.253 e. The van der Waals surface area contributed by atoms with Gasteiger partial charge in [-0.05, 0) is 31.2 Å². The molecule has 0 saturated heterocycles. The Labute approximate surface area is 110 Å². The van der Waals surface area contributed by atoms with Crippen LogP contribution in [0.2, 0.25) is 0 Å². The molecule has 94 valence electrons. The fourth-order valence-corrected chi connectivity index (χ4v) is 2.06. The normalized spacial score (nSPS) is 12.1. The largest absolute Gasteiger partial charge is 0.372 e. The predicted octanol–water partition coefficient (Wildman–Crippen LogP) is 2.78. The molecule has 18 heavy (non-hydrogen) atoms. The number of nitrogens with zero attached hydrogens (tertiary/aromatic N) is 1. The first-order valence-corrected chi connectivity index (χ1v) is 6.42. The monoisotopic (exact) mass is 262 g/mol. The van der Waals surface area contributed by atoms with E-state index in [1.807, 2.05) is 29.6 Å². The number of amides is 1. The first kappa shape index (κ1) is 12.7. The molecule has 0 bridgehead atoms. The Morgan fingerprint density at radius 2 is 2.11 bits per heavy atom. The van der Waals surface area contributed by atoms with Gasteiger partial charge in [0.25, 0.3) is 5.91 Å². The number of anilines is 1. The van der Waals surface area contributed by atoms with E-state index in [0.717, 1.165) is 16.3 Å². The topological polar surface area (TPSA) is 51.2 Å². The molecule has 0 aliphatic carbocycles. The highest BCUT2D eigenvalue weighted by Crippen LogP contribution is 2.23. The summed E-state index contributed by atoms with van der Waals surface area (Å²) in [6.45, 7) is 1.71. The van der Waals surface area contributed by atoms with Crippen molar-refractivity contribution in [3.8, 4) is 10.6 Å². The summed E-state index contributed by atoms with van der Waals surface area (Å²) in [4.78, 5) is 15.8. The average molecular weight is 262 g/mol. The van der Waals surface area contributed by atoms with Gasteiger partial charge in [0.05, 0.1) is 0 Å². The van der Waals surface area contributed by atoms with Crippen LogP contribution in [0.3, 0.4) is 0 Å². The molecule has 1 atom stereocenters. The zero-order valence-corrected chi connectivity index (χ0v) is 11.0. The van der Waals surface area contributed by atoms with Crippen LogP contribution in [0.5, 0.6) is 0 Å². The van der Waals surface area contributed by atoms with E-state index >= 15 is 0 Å². The smallest absolute Gasteiger partial charge is 0.253 e. The van der Waals surface area contributed by atoms with Crippen molar-refractivity contribution < 1.29 is 9.53 Å². The summed E-state index contributed by atoms with van der Waals surface area (Å²) < 4.78 is 4.95. The Morgan fingerprint density at radius 3 is 2.67 bits per heavy atom. The number of aromatic nitrogens is 1. The van der Waals surface area contributed by atoms with Gasteiger partial charge in [-0.2, -0.15) is 0 Å². The lowest BCUT2D eigenvalue weighted by Crippen LogP contribution is -2.26. The van der Waals surface area contributed by atoms with E-state index in [1.54, 1.807) is 24.5 Å². The SMILES string of the molecule is COC(C)C(=O)Nc1ccc(-c2nccs2)cc1. The molecule has 0 saturated carbocycles. The number of benzene rings is 1. The van der Waals surface area contributed by atoms with E-state index in [-0.39, 0.29) is 5.91 Å². The molecule has 0 aliphatic heterocycles. The number of hydrogen-bond donors (Lipinski definition) is 1. The third-order valence-electron chi connectivity index (χ3n) is 2.55. The second kappa shape index (κ2) is 5.75. The first-order chi connectivity index (χ1) is 8.70. The van der Waals surface area contributed by atoms with Crippen molar-refractivity contribution in [3.05, 3.63) is 35.8 Å². The molecule has 1 unspecified atom stereocenters. The van der Waals surface area contributed by atoms with Crippen LogP contribution in [-0.4, -0.2) is 24.1 Å². The number of thiazole rings is 1. The molecule has 0 aliphatic rings. The Kier molecular flexibility index (Phi) is 4.07. The van der Waals surface area contributed by atoms with Crippen LogP contribution in [0.1, 0.15) is 6.92 Å². The van der Waals surface area contributed by atoms with Crippen LogP contribution < -0.4 is 5.32 Å². The van der Waals surface area contributed by atoms with E-state index in [2.05, 4.69) is 10.3 Å². The van der Waals surface area contributed by atoms with Gasteiger partial charge in [0.2, 0.25) is 0 Å². The van der Waals surface area contributed by atoms with Gasteiger partial charge in [-0.3, -0.25) is 4.79 Å². The Morgan fingerprint density at radius 1 is 1.39 bits per heavy atom. The molecule has 0 spiro atoms. The Bertz CT molecular complexity index is 508. The molecule has 1 heterocycles. The van der Waals surface area contributed by atoms with Crippen LogP contribution in [-0.2, 0) is 9.53 Å². The molecule has 1 amide bonds. The molecule has 2 aromatic rings. The van der Waals surface area contributed by atoms with Crippen LogP contribution in [0.25, 0.3) is 10.6 Å². The van der Waals surface area contributed by atoms with Gasteiger partial charge in [-0.1, -0.05) is 0 Å². The maximum atomic E-state index is 11.6. The number of nitrogens with one attached hydrogen (secondary N) is 1. The quantitative estimate of drug-likeness (QED) is 0.921.